The van der Waals surface area contributed by atoms with Crippen LogP contribution < -0.4 is 15.4 Å². The van der Waals surface area contributed by atoms with Crippen LogP contribution in [-0.2, 0) is 15.0 Å². The van der Waals surface area contributed by atoms with Crippen LogP contribution in [-0.4, -0.2) is 25.0 Å². The Hall–Kier alpha value is -2.82. The van der Waals surface area contributed by atoms with Gasteiger partial charge in [0.1, 0.15) is 5.75 Å². The summed E-state index contributed by atoms with van der Waals surface area (Å²) in [5, 5.41) is 5.40. The van der Waals surface area contributed by atoms with Gasteiger partial charge < -0.3 is 15.4 Å². The topological polar surface area (TPSA) is 67.4 Å². The second-order valence-electron chi connectivity index (χ2n) is 7.61. The van der Waals surface area contributed by atoms with E-state index < -0.39 is 0 Å². The summed E-state index contributed by atoms with van der Waals surface area (Å²) < 4.78 is 5.67. The van der Waals surface area contributed by atoms with Crippen LogP contribution in [0, 0.1) is 13.8 Å². The molecule has 0 bridgehead atoms. The maximum Gasteiger partial charge on any atom is 0.258 e. The Morgan fingerprint density at radius 3 is 2.37 bits per heavy atom. The van der Waals surface area contributed by atoms with E-state index in [0.717, 1.165) is 22.4 Å². The summed E-state index contributed by atoms with van der Waals surface area (Å²) in [6.07, 6.45) is 0. The summed E-state index contributed by atoms with van der Waals surface area (Å²) in [6.45, 7) is 9.97. The van der Waals surface area contributed by atoms with Crippen molar-refractivity contribution >= 4 is 17.5 Å². The second kappa shape index (κ2) is 8.71. The van der Waals surface area contributed by atoms with Crippen molar-refractivity contribution in [2.45, 2.75) is 40.0 Å². The number of benzene rings is 2. The highest BCUT2D eigenvalue weighted by Crippen LogP contribution is 2.30. The Kier molecular flexibility index (Phi) is 6.61. The number of hydrogen-bond donors (Lipinski definition) is 2. The lowest BCUT2D eigenvalue weighted by Crippen LogP contribution is -2.36. The van der Waals surface area contributed by atoms with Gasteiger partial charge in [-0.1, -0.05) is 51.1 Å². The third-order valence-corrected chi connectivity index (χ3v) is 4.38. The summed E-state index contributed by atoms with van der Waals surface area (Å²) in [6, 6.07) is 13.4. The lowest BCUT2D eigenvalue weighted by atomic mass is 9.86. The average Bonchev–Trinajstić information content (AvgIpc) is 2.61. The molecule has 5 nitrogen and oxygen atoms in total. The zero-order valence-corrected chi connectivity index (χ0v) is 16.7. The molecule has 0 atom stereocenters. The van der Waals surface area contributed by atoms with E-state index in [-0.39, 0.29) is 30.4 Å². The molecule has 0 fully saturated rings. The number of aryl methyl sites for hydroxylation is 1. The summed E-state index contributed by atoms with van der Waals surface area (Å²) in [5.41, 5.74) is 3.82. The maximum atomic E-state index is 12.1. The minimum absolute atomic E-state index is 0.0847. The summed E-state index contributed by atoms with van der Waals surface area (Å²) in [5.74, 6) is 0.0713. The van der Waals surface area contributed by atoms with Gasteiger partial charge in [0.25, 0.3) is 5.91 Å². The first kappa shape index (κ1) is 20.5. The molecule has 0 aliphatic carbocycles. The van der Waals surface area contributed by atoms with Gasteiger partial charge in [-0.3, -0.25) is 9.59 Å². The molecule has 2 rings (SSSR count). The SMILES string of the molecule is Cc1cccc(NC(=O)CNC(=O)COc2ccccc2C(C)(C)C)c1C. The van der Waals surface area contributed by atoms with Crippen LogP contribution in [0.1, 0.15) is 37.5 Å². The number of para-hydroxylation sites is 1. The number of nitrogens with one attached hydrogen (secondary N) is 2. The fraction of sp³-hybridized carbons (Fsp3) is 0.364. The second-order valence-corrected chi connectivity index (χ2v) is 7.61. The molecule has 2 aromatic rings. The number of carbonyl (C=O) groups is 2. The van der Waals surface area contributed by atoms with Gasteiger partial charge in [0.2, 0.25) is 5.91 Å². The van der Waals surface area contributed by atoms with Crippen molar-refractivity contribution in [3.8, 4) is 5.75 Å². The van der Waals surface area contributed by atoms with Crippen molar-refractivity contribution in [1.29, 1.82) is 0 Å². The standard InChI is InChI=1S/C22H28N2O3/c1-15-9-8-11-18(16(15)2)24-20(25)13-23-21(26)14-27-19-12-7-6-10-17(19)22(3,4)5/h6-12H,13-14H2,1-5H3,(H,23,26)(H,24,25). The van der Waals surface area contributed by atoms with Crippen molar-refractivity contribution in [1.82, 2.24) is 5.32 Å². The van der Waals surface area contributed by atoms with Gasteiger partial charge in [0.05, 0.1) is 6.54 Å². The number of hydrogen-bond acceptors (Lipinski definition) is 3. The van der Waals surface area contributed by atoms with E-state index in [2.05, 4.69) is 31.4 Å². The van der Waals surface area contributed by atoms with E-state index in [0.29, 0.717) is 5.75 Å². The van der Waals surface area contributed by atoms with Gasteiger partial charge in [0, 0.05) is 5.69 Å². The van der Waals surface area contributed by atoms with Crippen molar-refractivity contribution in [2.75, 3.05) is 18.5 Å². The van der Waals surface area contributed by atoms with E-state index in [9.17, 15) is 9.59 Å². The number of rotatable bonds is 6. The van der Waals surface area contributed by atoms with Crippen LogP contribution in [0.3, 0.4) is 0 Å². The summed E-state index contributed by atoms with van der Waals surface area (Å²) in [7, 11) is 0. The normalized spacial score (nSPS) is 11.0. The first-order valence-electron chi connectivity index (χ1n) is 9.03. The van der Waals surface area contributed by atoms with Crippen molar-refractivity contribution < 1.29 is 14.3 Å². The molecule has 0 spiro atoms. The minimum atomic E-state index is -0.338. The molecule has 0 aliphatic rings. The number of anilines is 1. The largest absolute Gasteiger partial charge is 0.483 e. The van der Waals surface area contributed by atoms with Crippen LogP contribution in [0.2, 0.25) is 0 Å². The Labute approximate surface area is 161 Å². The number of carbonyl (C=O) groups excluding carboxylic acids is 2. The Balaban J connectivity index is 1.85. The van der Waals surface area contributed by atoms with Gasteiger partial charge >= 0.3 is 0 Å². The third-order valence-electron chi connectivity index (χ3n) is 4.38. The molecular weight excluding hydrogens is 340 g/mol. The fourth-order valence-corrected chi connectivity index (χ4v) is 2.67. The fourth-order valence-electron chi connectivity index (χ4n) is 2.67. The Morgan fingerprint density at radius 1 is 0.963 bits per heavy atom. The van der Waals surface area contributed by atoms with Gasteiger partial charge in [0.15, 0.2) is 6.61 Å². The van der Waals surface area contributed by atoms with Gasteiger partial charge in [-0.25, -0.2) is 0 Å². The highest BCUT2D eigenvalue weighted by atomic mass is 16.5. The van der Waals surface area contributed by atoms with E-state index in [4.69, 9.17) is 4.74 Å². The monoisotopic (exact) mass is 368 g/mol. The smallest absolute Gasteiger partial charge is 0.258 e. The molecule has 5 heteroatoms. The van der Waals surface area contributed by atoms with E-state index in [1.54, 1.807) is 0 Å². The Bertz CT molecular complexity index is 823. The van der Waals surface area contributed by atoms with E-state index in [1.807, 2.05) is 56.3 Å². The van der Waals surface area contributed by atoms with Crippen LogP contribution in [0.5, 0.6) is 5.75 Å². The number of ether oxygens (including phenoxy) is 1. The molecule has 144 valence electrons. The number of amides is 2. The first-order valence-corrected chi connectivity index (χ1v) is 9.03. The molecule has 0 heterocycles. The minimum Gasteiger partial charge on any atom is -0.483 e. The highest BCUT2D eigenvalue weighted by Gasteiger charge is 2.19. The third kappa shape index (κ3) is 5.84. The lowest BCUT2D eigenvalue weighted by Gasteiger charge is -2.22. The molecule has 2 amide bonds. The van der Waals surface area contributed by atoms with Crippen LogP contribution in [0.4, 0.5) is 5.69 Å². The predicted molar refractivity (Wildman–Crippen MR) is 108 cm³/mol. The van der Waals surface area contributed by atoms with E-state index >= 15 is 0 Å². The summed E-state index contributed by atoms with van der Waals surface area (Å²) in [4.78, 5) is 24.1. The molecule has 2 aromatic carbocycles. The van der Waals surface area contributed by atoms with E-state index in [1.165, 1.54) is 0 Å². The molecular formula is C22H28N2O3. The first-order chi connectivity index (χ1) is 12.7. The van der Waals surface area contributed by atoms with Gasteiger partial charge in [-0.15, -0.1) is 0 Å². The predicted octanol–water partition coefficient (Wildman–Crippen LogP) is 3.73. The maximum absolute atomic E-state index is 12.1. The lowest BCUT2D eigenvalue weighted by molar-refractivity contribution is -0.125. The molecule has 0 aromatic heterocycles. The molecule has 27 heavy (non-hydrogen) atoms. The highest BCUT2D eigenvalue weighted by molar-refractivity contribution is 5.95. The van der Waals surface area contributed by atoms with Gasteiger partial charge in [-0.2, -0.15) is 0 Å². The van der Waals surface area contributed by atoms with Crippen LogP contribution in [0.15, 0.2) is 42.5 Å². The van der Waals surface area contributed by atoms with Crippen molar-refractivity contribution in [3.63, 3.8) is 0 Å². The molecule has 0 radical (unpaired) electrons. The zero-order chi connectivity index (χ0) is 20.0. The summed E-state index contributed by atoms with van der Waals surface area (Å²) >= 11 is 0. The van der Waals surface area contributed by atoms with Gasteiger partial charge in [-0.05, 0) is 48.1 Å². The molecule has 2 N–H and O–H groups in total. The van der Waals surface area contributed by atoms with Crippen LogP contribution in [0.25, 0.3) is 0 Å². The molecule has 0 aliphatic heterocycles. The Morgan fingerprint density at radius 2 is 1.67 bits per heavy atom. The molecule has 0 saturated heterocycles. The van der Waals surface area contributed by atoms with Crippen LogP contribution >= 0.6 is 0 Å². The quantitative estimate of drug-likeness (QED) is 0.816. The molecule has 0 saturated carbocycles. The average molecular weight is 368 g/mol. The van der Waals surface area contributed by atoms with Crippen molar-refractivity contribution in [3.05, 3.63) is 59.2 Å². The van der Waals surface area contributed by atoms with Crippen molar-refractivity contribution in [2.24, 2.45) is 0 Å². The zero-order valence-electron chi connectivity index (χ0n) is 16.7. The molecule has 0 unspecified atom stereocenters.